The summed E-state index contributed by atoms with van der Waals surface area (Å²) in [5.74, 6) is 0.838. The standard InChI is InChI=1S/C28H31N5O/c1-31-14-16-33(17-15-31)22-8-6-20(7-9-22)27-25(26-24(34-3)10-12-29-28(26)30-27)21-5-4-19-11-13-32(2)23(19)18-21/h4-10,12,18H,11,13-17H2,1-3H3,(H,29,30). The smallest absolute Gasteiger partial charge is 0.142 e. The van der Waals surface area contributed by atoms with E-state index in [0.29, 0.717) is 0 Å². The molecule has 0 spiro atoms. The minimum absolute atomic E-state index is 0.838. The summed E-state index contributed by atoms with van der Waals surface area (Å²) in [6.45, 7) is 5.41. The largest absolute Gasteiger partial charge is 0.496 e. The number of anilines is 2. The molecule has 0 saturated carbocycles. The summed E-state index contributed by atoms with van der Waals surface area (Å²) in [4.78, 5) is 15.5. The molecule has 34 heavy (non-hydrogen) atoms. The van der Waals surface area contributed by atoms with Gasteiger partial charge >= 0.3 is 0 Å². The van der Waals surface area contributed by atoms with Crippen LogP contribution >= 0.6 is 0 Å². The molecular formula is C28H31N5O. The van der Waals surface area contributed by atoms with Gasteiger partial charge in [-0.2, -0.15) is 0 Å². The highest BCUT2D eigenvalue weighted by Crippen LogP contribution is 2.43. The normalized spacial score (nSPS) is 16.3. The average Bonchev–Trinajstić information content (AvgIpc) is 3.45. The molecule has 0 aliphatic carbocycles. The number of piperazine rings is 1. The molecule has 6 heteroatoms. The van der Waals surface area contributed by atoms with E-state index in [2.05, 4.69) is 81.2 Å². The zero-order chi connectivity index (χ0) is 23.2. The molecule has 4 heterocycles. The summed E-state index contributed by atoms with van der Waals surface area (Å²) < 4.78 is 5.78. The lowest BCUT2D eigenvalue weighted by molar-refractivity contribution is 0.313. The van der Waals surface area contributed by atoms with Crippen LogP contribution in [0.4, 0.5) is 11.4 Å². The minimum Gasteiger partial charge on any atom is -0.496 e. The summed E-state index contributed by atoms with van der Waals surface area (Å²) >= 11 is 0. The molecule has 1 saturated heterocycles. The molecule has 0 bridgehead atoms. The summed E-state index contributed by atoms with van der Waals surface area (Å²) in [5.41, 5.74) is 9.42. The molecule has 0 atom stereocenters. The van der Waals surface area contributed by atoms with Gasteiger partial charge in [0, 0.05) is 62.9 Å². The number of pyridine rings is 1. The molecule has 0 radical (unpaired) electrons. The number of likely N-dealkylation sites (N-methyl/N-ethyl adjacent to an activating group) is 2. The number of aromatic amines is 1. The van der Waals surface area contributed by atoms with Gasteiger partial charge in [-0.05, 0) is 54.4 Å². The van der Waals surface area contributed by atoms with Crippen LogP contribution in [0.2, 0.25) is 0 Å². The molecule has 2 aliphatic heterocycles. The highest BCUT2D eigenvalue weighted by Gasteiger charge is 2.23. The van der Waals surface area contributed by atoms with E-state index in [1.165, 1.54) is 22.5 Å². The van der Waals surface area contributed by atoms with Gasteiger partial charge in [-0.15, -0.1) is 0 Å². The third-order valence-electron chi connectivity index (χ3n) is 7.40. The van der Waals surface area contributed by atoms with E-state index in [9.17, 15) is 0 Å². The van der Waals surface area contributed by atoms with Crippen molar-refractivity contribution in [2.75, 3.05) is 63.7 Å². The van der Waals surface area contributed by atoms with E-state index in [0.717, 1.165) is 72.7 Å². The van der Waals surface area contributed by atoms with Crippen LogP contribution in [-0.4, -0.2) is 68.8 Å². The number of hydrogen-bond acceptors (Lipinski definition) is 5. The van der Waals surface area contributed by atoms with Crippen LogP contribution in [0.5, 0.6) is 5.75 Å². The number of hydrogen-bond donors (Lipinski definition) is 1. The highest BCUT2D eigenvalue weighted by molar-refractivity contribution is 6.06. The van der Waals surface area contributed by atoms with Crippen molar-refractivity contribution in [3.63, 3.8) is 0 Å². The second-order valence-electron chi connectivity index (χ2n) is 9.46. The van der Waals surface area contributed by atoms with Crippen molar-refractivity contribution in [2.24, 2.45) is 0 Å². The van der Waals surface area contributed by atoms with Gasteiger partial charge in [-0.3, -0.25) is 0 Å². The second kappa shape index (κ2) is 8.37. The summed E-state index contributed by atoms with van der Waals surface area (Å²) in [5, 5.41) is 1.03. The van der Waals surface area contributed by atoms with E-state index in [-0.39, 0.29) is 0 Å². The van der Waals surface area contributed by atoms with Gasteiger partial charge in [-0.25, -0.2) is 4.98 Å². The molecule has 4 aromatic rings. The first kappa shape index (κ1) is 21.1. The Labute approximate surface area is 200 Å². The third kappa shape index (κ3) is 3.49. The van der Waals surface area contributed by atoms with Crippen molar-refractivity contribution < 1.29 is 4.74 Å². The van der Waals surface area contributed by atoms with Crippen LogP contribution in [-0.2, 0) is 6.42 Å². The molecule has 6 rings (SSSR count). The maximum absolute atomic E-state index is 5.78. The summed E-state index contributed by atoms with van der Waals surface area (Å²) in [6, 6.07) is 17.7. The lowest BCUT2D eigenvalue weighted by atomic mass is 9.96. The van der Waals surface area contributed by atoms with E-state index in [1.54, 1.807) is 13.3 Å². The molecule has 2 aromatic carbocycles. The number of nitrogens with one attached hydrogen (secondary N) is 1. The van der Waals surface area contributed by atoms with Crippen LogP contribution in [0.1, 0.15) is 5.56 Å². The van der Waals surface area contributed by atoms with Crippen molar-refractivity contribution in [3.8, 4) is 28.1 Å². The van der Waals surface area contributed by atoms with Crippen LogP contribution < -0.4 is 14.5 Å². The van der Waals surface area contributed by atoms with Gasteiger partial charge in [0.25, 0.3) is 0 Å². The zero-order valence-electron chi connectivity index (χ0n) is 20.1. The maximum atomic E-state index is 5.78. The number of nitrogens with zero attached hydrogens (tertiary/aromatic N) is 4. The van der Waals surface area contributed by atoms with Gasteiger partial charge in [0.15, 0.2) is 0 Å². The average molecular weight is 454 g/mol. The first-order valence-electron chi connectivity index (χ1n) is 12.1. The topological polar surface area (TPSA) is 47.6 Å². The molecule has 0 amide bonds. The van der Waals surface area contributed by atoms with Crippen LogP contribution in [0.3, 0.4) is 0 Å². The van der Waals surface area contributed by atoms with Crippen LogP contribution in [0.25, 0.3) is 33.4 Å². The van der Waals surface area contributed by atoms with Crippen LogP contribution in [0, 0.1) is 0 Å². The highest BCUT2D eigenvalue weighted by atomic mass is 16.5. The van der Waals surface area contributed by atoms with E-state index >= 15 is 0 Å². The fourth-order valence-corrected chi connectivity index (χ4v) is 5.36. The van der Waals surface area contributed by atoms with Gasteiger partial charge < -0.3 is 24.4 Å². The molecule has 1 N–H and O–H groups in total. The Bertz CT molecular complexity index is 1340. The first-order valence-corrected chi connectivity index (χ1v) is 12.1. The van der Waals surface area contributed by atoms with E-state index in [1.807, 2.05) is 6.07 Å². The quantitative estimate of drug-likeness (QED) is 0.487. The SMILES string of the molecule is COc1ccnc2[nH]c(-c3ccc(N4CCN(C)CC4)cc3)c(-c3ccc4c(c3)N(C)CC4)c12. The minimum atomic E-state index is 0.838. The fraction of sp³-hybridized carbons (Fsp3) is 0.321. The van der Waals surface area contributed by atoms with Crippen molar-refractivity contribution >= 4 is 22.4 Å². The van der Waals surface area contributed by atoms with Gasteiger partial charge in [0.05, 0.1) is 18.2 Å². The summed E-state index contributed by atoms with van der Waals surface area (Å²) in [6.07, 6.45) is 2.91. The monoisotopic (exact) mass is 453 g/mol. The van der Waals surface area contributed by atoms with E-state index in [4.69, 9.17) is 4.74 Å². The molecule has 2 aromatic heterocycles. The Hall–Kier alpha value is -3.51. The van der Waals surface area contributed by atoms with Gasteiger partial charge in [-0.1, -0.05) is 24.3 Å². The molecule has 174 valence electrons. The number of fused-ring (bicyclic) bond motifs is 2. The Morgan fingerprint density at radius 3 is 2.41 bits per heavy atom. The number of methoxy groups -OCH3 is 1. The Balaban J connectivity index is 1.47. The Morgan fingerprint density at radius 1 is 0.882 bits per heavy atom. The number of ether oxygens (including phenoxy) is 1. The molecule has 1 fully saturated rings. The molecule has 6 nitrogen and oxygen atoms in total. The van der Waals surface area contributed by atoms with Gasteiger partial charge in [0.1, 0.15) is 11.4 Å². The second-order valence-corrected chi connectivity index (χ2v) is 9.46. The first-order chi connectivity index (χ1) is 16.6. The fourth-order valence-electron chi connectivity index (χ4n) is 5.36. The third-order valence-corrected chi connectivity index (χ3v) is 7.40. The lowest BCUT2D eigenvalue weighted by Gasteiger charge is -2.34. The molecule has 0 unspecified atom stereocenters. The molecule has 2 aliphatic rings. The summed E-state index contributed by atoms with van der Waals surface area (Å²) in [7, 11) is 6.09. The van der Waals surface area contributed by atoms with Gasteiger partial charge in [0.2, 0.25) is 0 Å². The predicted molar refractivity (Wildman–Crippen MR) is 140 cm³/mol. The maximum Gasteiger partial charge on any atom is 0.142 e. The Kier molecular flexibility index (Phi) is 5.18. The van der Waals surface area contributed by atoms with Crippen molar-refractivity contribution in [2.45, 2.75) is 6.42 Å². The lowest BCUT2D eigenvalue weighted by Crippen LogP contribution is -2.44. The number of H-pyrrole nitrogens is 1. The van der Waals surface area contributed by atoms with Crippen molar-refractivity contribution in [3.05, 3.63) is 60.3 Å². The number of rotatable bonds is 4. The number of aromatic nitrogens is 2. The zero-order valence-corrected chi connectivity index (χ0v) is 20.1. The number of benzene rings is 2. The molecular weight excluding hydrogens is 422 g/mol. The van der Waals surface area contributed by atoms with Crippen molar-refractivity contribution in [1.29, 1.82) is 0 Å². The van der Waals surface area contributed by atoms with Crippen LogP contribution in [0.15, 0.2) is 54.7 Å². The predicted octanol–water partition coefficient (Wildman–Crippen LogP) is 4.65. The Morgan fingerprint density at radius 2 is 1.65 bits per heavy atom. The van der Waals surface area contributed by atoms with Crippen molar-refractivity contribution in [1.82, 2.24) is 14.9 Å². The van der Waals surface area contributed by atoms with E-state index < -0.39 is 0 Å².